The third-order valence-electron chi connectivity index (χ3n) is 2.64. The molecule has 0 saturated carbocycles. The van der Waals surface area contributed by atoms with Crippen LogP contribution in [-0.4, -0.2) is 23.2 Å². The number of anilines is 1. The fourth-order valence-electron chi connectivity index (χ4n) is 1.78. The lowest BCUT2D eigenvalue weighted by molar-refractivity contribution is 0.194. The highest BCUT2D eigenvalue weighted by Crippen LogP contribution is 2.17. The van der Waals surface area contributed by atoms with Crippen molar-refractivity contribution in [1.82, 2.24) is 4.98 Å². The van der Waals surface area contributed by atoms with Crippen molar-refractivity contribution >= 4 is 5.69 Å². The Morgan fingerprint density at radius 2 is 2.11 bits per heavy atom. The van der Waals surface area contributed by atoms with E-state index in [4.69, 9.17) is 5.26 Å². The molecule has 0 saturated heterocycles. The van der Waals surface area contributed by atoms with Gasteiger partial charge in [-0.1, -0.05) is 13.8 Å². The molecule has 0 unspecified atom stereocenters. The van der Waals surface area contributed by atoms with Gasteiger partial charge in [-0.05, 0) is 25.0 Å². The zero-order valence-electron chi connectivity index (χ0n) is 11.3. The first-order valence-corrected chi connectivity index (χ1v) is 6.30. The summed E-state index contributed by atoms with van der Waals surface area (Å²) in [4.78, 5) is 6.40. The van der Waals surface area contributed by atoms with Crippen LogP contribution in [0.2, 0.25) is 0 Å². The van der Waals surface area contributed by atoms with Gasteiger partial charge >= 0.3 is 0 Å². The lowest BCUT2D eigenvalue weighted by atomic mass is 10.2. The molecule has 0 aromatic carbocycles. The van der Waals surface area contributed by atoms with Crippen LogP contribution in [0.25, 0.3) is 0 Å². The van der Waals surface area contributed by atoms with Gasteiger partial charge in [-0.15, -0.1) is 0 Å². The number of aromatic nitrogens is 1. The van der Waals surface area contributed by atoms with Crippen molar-refractivity contribution in [2.75, 3.05) is 18.0 Å². The summed E-state index contributed by atoms with van der Waals surface area (Å²) in [6.07, 6.45) is 1.73. The van der Waals surface area contributed by atoms with E-state index in [0.29, 0.717) is 24.6 Å². The highest BCUT2D eigenvalue weighted by Gasteiger charge is 2.10. The van der Waals surface area contributed by atoms with Gasteiger partial charge in [0.05, 0.1) is 36.2 Å². The molecule has 1 atom stereocenters. The minimum Gasteiger partial charge on any atom is -0.387 e. The maximum atomic E-state index is 9.42. The minimum absolute atomic E-state index is 0.505. The van der Waals surface area contributed by atoms with Gasteiger partial charge in [0, 0.05) is 13.1 Å². The Kier molecular flexibility index (Phi) is 5.60. The highest BCUT2D eigenvalue weighted by atomic mass is 16.3. The monoisotopic (exact) mass is 247 g/mol. The summed E-state index contributed by atoms with van der Waals surface area (Å²) < 4.78 is 0. The molecule has 0 fully saturated rings. The summed E-state index contributed by atoms with van der Waals surface area (Å²) in [5.74, 6) is 0.528. The molecule has 98 valence electrons. The summed E-state index contributed by atoms with van der Waals surface area (Å²) in [6.45, 7) is 7.61. The van der Waals surface area contributed by atoms with Crippen molar-refractivity contribution in [3.8, 4) is 6.07 Å². The summed E-state index contributed by atoms with van der Waals surface area (Å²) in [5, 5.41) is 18.1. The van der Waals surface area contributed by atoms with Crippen LogP contribution in [0, 0.1) is 17.2 Å². The number of aliphatic hydroxyl groups is 1. The Morgan fingerprint density at radius 1 is 1.39 bits per heavy atom. The zero-order valence-corrected chi connectivity index (χ0v) is 11.3. The molecule has 18 heavy (non-hydrogen) atoms. The van der Waals surface area contributed by atoms with E-state index in [1.165, 1.54) is 0 Å². The lowest BCUT2D eigenvalue weighted by Crippen LogP contribution is -2.28. The maximum Gasteiger partial charge on any atom is 0.0931 e. The third kappa shape index (κ3) is 4.34. The number of hydrogen-bond acceptors (Lipinski definition) is 4. The van der Waals surface area contributed by atoms with Crippen LogP contribution in [0.1, 0.15) is 39.0 Å². The summed E-state index contributed by atoms with van der Waals surface area (Å²) in [5.41, 5.74) is 1.67. The van der Waals surface area contributed by atoms with Gasteiger partial charge in [0.2, 0.25) is 0 Å². The Balaban J connectivity index is 2.81. The van der Waals surface area contributed by atoms with Crippen LogP contribution in [0.4, 0.5) is 5.69 Å². The molecule has 1 aromatic rings. The van der Waals surface area contributed by atoms with E-state index in [1.807, 2.05) is 12.1 Å². The standard InChI is InChI=1S/C14H21N3O/c1-11(2)10-17(8-4-7-15)13-5-6-14(12(3)18)16-9-13/h5-6,9,11-12,18H,4,8,10H2,1-3H3/t12-/m1/s1. The van der Waals surface area contributed by atoms with Crippen molar-refractivity contribution in [3.05, 3.63) is 24.0 Å². The maximum absolute atomic E-state index is 9.42. The van der Waals surface area contributed by atoms with Crippen LogP contribution in [0.3, 0.4) is 0 Å². The molecular weight excluding hydrogens is 226 g/mol. The van der Waals surface area contributed by atoms with Crippen molar-refractivity contribution in [2.24, 2.45) is 5.92 Å². The van der Waals surface area contributed by atoms with Gasteiger partial charge in [0.25, 0.3) is 0 Å². The Bertz CT molecular complexity index is 392. The van der Waals surface area contributed by atoms with E-state index in [-0.39, 0.29) is 0 Å². The Labute approximate surface area is 109 Å². The molecule has 0 aliphatic carbocycles. The first-order chi connectivity index (χ1) is 8.54. The lowest BCUT2D eigenvalue weighted by Gasteiger charge is -2.25. The topological polar surface area (TPSA) is 60.2 Å². The van der Waals surface area contributed by atoms with E-state index in [0.717, 1.165) is 12.2 Å². The third-order valence-corrected chi connectivity index (χ3v) is 2.64. The molecule has 1 rings (SSSR count). The second kappa shape index (κ2) is 6.97. The zero-order chi connectivity index (χ0) is 13.5. The molecule has 0 bridgehead atoms. The van der Waals surface area contributed by atoms with Crippen LogP contribution in [0.5, 0.6) is 0 Å². The fraction of sp³-hybridized carbons (Fsp3) is 0.571. The van der Waals surface area contributed by atoms with Gasteiger partial charge in [0.1, 0.15) is 0 Å². The number of pyridine rings is 1. The van der Waals surface area contributed by atoms with E-state index in [1.54, 1.807) is 13.1 Å². The van der Waals surface area contributed by atoms with E-state index in [2.05, 4.69) is 29.8 Å². The number of nitrogens with zero attached hydrogens (tertiary/aromatic N) is 3. The predicted molar refractivity (Wildman–Crippen MR) is 72.2 cm³/mol. The molecule has 1 aromatic heterocycles. The second-order valence-corrected chi connectivity index (χ2v) is 4.87. The molecular formula is C14H21N3O. The van der Waals surface area contributed by atoms with Crippen molar-refractivity contribution in [2.45, 2.75) is 33.3 Å². The quantitative estimate of drug-likeness (QED) is 0.839. The molecule has 0 amide bonds. The summed E-state index contributed by atoms with van der Waals surface area (Å²) in [6, 6.07) is 5.95. The minimum atomic E-state index is -0.545. The number of rotatable bonds is 6. The van der Waals surface area contributed by atoms with Crippen LogP contribution in [0.15, 0.2) is 18.3 Å². The number of nitriles is 1. The van der Waals surface area contributed by atoms with Crippen molar-refractivity contribution < 1.29 is 5.11 Å². The number of hydrogen-bond donors (Lipinski definition) is 1. The Hall–Kier alpha value is -1.60. The average molecular weight is 247 g/mol. The summed E-state index contributed by atoms with van der Waals surface area (Å²) >= 11 is 0. The van der Waals surface area contributed by atoms with E-state index >= 15 is 0 Å². The Morgan fingerprint density at radius 3 is 2.56 bits per heavy atom. The SMILES string of the molecule is CC(C)CN(CCC#N)c1ccc([C@@H](C)O)nc1. The fourth-order valence-corrected chi connectivity index (χ4v) is 1.78. The van der Waals surface area contributed by atoms with Crippen LogP contribution >= 0.6 is 0 Å². The molecule has 1 heterocycles. The highest BCUT2D eigenvalue weighted by molar-refractivity contribution is 5.44. The second-order valence-electron chi connectivity index (χ2n) is 4.87. The first kappa shape index (κ1) is 14.5. The van der Waals surface area contributed by atoms with Crippen LogP contribution in [-0.2, 0) is 0 Å². The predicted octanol–water partition coefficient (Wildman–Crippen LogP) is 2.51. The summed E-state index contributed by atoms with van der Waals surface area (Å²) in [7, 11) is 0. The first-order valence-electron chi connectivity index (χ1n) is 6.30. The largest absolute Gasteiger partial charge is 0.387 e. The van der Waals surface area contributed by atoms with Gasteiger partial charge < -0.3 is 10.0 Å². The van der Waals surface area contributed by atoms with Crippen molar-refractivity contribution in [3.63, 3.8) is 0 Å². The number of aliphatic hydroxyl groups excluding tert-OH is 1. The van der Waals surface area contributed by atoms with Crippen LogP contribution < -0.4 is 4.90 Å². The molecule has 0 aliphatic rings. The van der Waals surface area contributed by atoms with Gasteiger partial charge in [-0.2, -0.15) is 5.26 Å². The molecule has 1 N–H and O–H groups in total. The normalized spacial score (nSPS) is 12.2. The molecule has 0 spiro atoms. The smallest absolute Gasteiger partial charge is 0.0931 e. The van der Waals surface area contributed by atoms with E-state index < -0.39 is 6.10 Å². The van der Waals surface area contributed by atoms with Gasteiger partial charge in [0.15, 0.2) is 0 Å². The van der Waals surface area contributed by atoms with E-state index in [9.17, 15) is 5.11 Å². The van der Waals surface area contributed by atoms with Gasteiger partial charge in [-0.25, -0.2) is 0 Å². The van der Waals surface area contributed by atoms with Gasteiger partial charge in [-0.3, -0.25) is 4.98 Å². The molecule has 4 heteroatoms. The molecule has 0 radical (unpaired) electrons. The van der Waals surface area contributed by atoms with Crippen molar-refractivity contribution in [1.29, 1.82) is 5.26 Å². The average Bonchev–Trinajstić information content (AvgIpc) is 2.34. The molecule has 0 aliphatic heterocycles. The molecule has 4 nitrogen and oxygen atoms in total.